The maximum atomic E-state index is 13.8. The van der Waals surface area contributed by atoms with Gasteiger partial charge >= 0.3 is 5.97 Å². The second-order valence-electron chi connectivity index (χ2n) is 8.15. The number of ether oxygens (including phenoxy) is 1. The van der Waals surface area contributed by atoms with Crippen molar-refractivity contribution in [2.75, 3.05) is 0 Å². The first kappa shape index (κ1) is 28.3. The highest BCUT2D eigenvalue weighted by atomic mass is 32.2. The summed E-state index contributed by atoms with van der Waals surface area (Å²) in [6.45, 7) is 0. The Kier molecular flexibility index (Phi) is 8.60. The molecule has 0 amide bonds. The van der Waals surface area contributed by atoms with E-state index in [0.717, 1.165) is 12.1 Å². The molecule has 0 aliphatic carbocycles. The van der Waals surface area contributed by atoms with Gasteiger partial charge in [-0.3, -0.25) is 35.1 Å². The predicted molar refractivity (Wildman–Crippen MR) is 148 cm³/mol. The molecule has 0 unspecified atom stereocenters. The highest BCUT2D eigenvalue weighted by Crippen LogP contribution is 2.40. The van der Waals surface area contributed by atoms with Crippen LogP contribution in [0, 0.1) is 30.3 Å². The lowest BCUT2D eigenvalue weighted by atomic mass is 10.1. The second-order valence-corrected chi connectivity index (χ2v) is 9.20. The number of thioether (sulfide) groups is 1. The number of allylic oxidation sites excluding steroid dienone is 1. The van der Waals surface area contributed by atoms with Crippen LogP contribution in [-0.2, 0) is 4.74 Å². The average Bonchev–Trinajstić information content (AvgIpc) is 2.99. The third-order valence-electron chi connectivity index (χ3n) is 5.56. The summed E-state index contributed by atoms with van der Waals surface area (Å²) in [5.41, 5.74) is -2.00. The molecule has 12 nitrogen and oxygen atoms in total. The molecule has 41 heavy (non-hydrogen) atoms. The molecule has 4 rings (SSSR count). The molecule has 0 aliphatic heterocycles. The van der Waals surface area contributed by atoms with Crippen LogP contribution < -0.4 is 0 Å². The van der Waals surface area contributed by atoms with Crippen LogP contribution in [0.25, 0.3) is 5.76 Å². The smallest absolute Gasteiger partial charge is 0.350 e. The van der Waals surface area contributed by atoms with E-state index in [4.69, 9.17) is 4.74 Å². The van der Waals surface area contributed by atoms with Crippen molar-refractivity contribution in [3.05, 3.63) is 155 Å². The van der Waals surface area contributed by atoms with Crippen LogP contribution in [0.4, 0.5) is 17.1 Å². The minimum Gasteiger partial charge on any atom is -0.421 e. The summed E-state index contributed by atoms with van der Waals surface area (Å²) in [7, 11) is 0. The number of esters is 1. The first-order valence-corrected chi connectivity index (χ1v) is 12.4. The number of benzene rings is 4. The van der Waals surface area contributed by atoms with E-state index < -0.39 is 43.5 Å². The summed E-state index contributed by atoms with van der Waals surface area (Å²) >= 11 is 0.692. The third kappa shape index (κ3) is 6.49. The Morgan fingerprint density at radius 2 is 1.20 bits per heavy atom. The first-order chi connectivity index (χ1) is 19.7. The Bertz CT molecular complexity index is 1710. The minimum atomic E-state index is -1.27. The molecule has 0 saturated heterocycles. The van der Waals surface area contributed by atoms with Gasteiger partial charge in [0.2, 0.25) is 5.78 Å². The van der Waals surface area contributed by atoms with Crippen LogP contribution in [0.1, 0.15) is 26.3 Å². The van der Waals surface area contributed by atoms with E-state index >= 15 is 0 Å². The minimum absolute atomic E-state index is 0.0718. The summed E-state index contributed by atoms with van der Waals surface area (Å²) in [4.78, 5) is 59.1. The Labute approximate surface area is 235 Å². The number of rotatable bonds is 10. The number of ketones is 1. The topological polar surface area (TPSA) is 173 Å². The maximum Gasteiger partial charge on any atom is 0.350 e. The van der Waals surface area contributed by atoms with Gasteiger partial charge in [0, 0.05) is 23.3 Å². The lowest BCUT2D eigenvalue weighted by molar-refractivity contribution is -0.394. The number of nitro groups is 3. The monoisotopic (exact) mass is 571 g/mol. The summed E-state index contributed by atoms with van der Waals surface area (Å²) < 4.78 is 5.65. The van der Waals surface area contributed by atoms with Gasteiger partial charge in [-0.2, -0.15) is 0 Å². The van der Waals surface area contributed by atoms with Crippen molar-refractivity contribution >= 4 is 46.3 Å². The molecule has 0 aromatic heterocycles. The van der Waals surface area contributed by atoms with Gasteiger partial charge in [0.15, 0.2) is 5.76 Å². The molecule has 0 fully saturated rings. The van der Waals surface area contributed by atoms with Gasteiger partial charge in [-0.25, -0.2) is 4.79 Å². The number of hydrogen-bond donors (Lipinski definition) is 0. The van der Waals surface area contributed by atoms with Gasteiger partial charge < -0.3 is 4.74 Å². The van der Waals surface area contributed by atoms with Crippen LogP contribution in [-0.4, -0.2) is 26.5 Å². The van der Waals surface area contributed by atoms with Gasteiger partial charge in [-0.1, -0.05) is 84.6 Å². The number of hydrogen-bond acceptors (Lipinski definition) is 10. The van der Waals surface area contributed by atoms with Gasteiger partial charge in [-0.05, 0) is 12.1 Å². The van der Waals surface area contributed by atoms with Crippen molar-refractivity contribution in [2.24, 2.45) is 0 Å². The second kappa shape index (κ2) is 12.4. The molecule has 0 N–H and O–H groups in total. The molecule has 0 atom stereocenters. The van der Waals surface area contributed by atoms with Gasteiger partial charge in [-0.15, -0.1) is 0 Å². The Morgan fingerprint density at radius 1 is 0.634 bits per heavy atom. The van der Waals surface area contributed by atoms with E-state index in [-0.39, 0.29) is 32.4 Å². The van der Waals surface area contributed by atoms with Gasteiger partial charge in [0.05, 0.1) is 25.7 Å². The van der Waals surface area contributed by atoms with Crippen LogP contribution in [0.5, 0.6) is 0 Å². The summed E-state index contributed by atoms with van der Waals surface area (Å²) in [6, 6.07) is 23.9. The molecular weight excluding hydrogens is 554 g/mol. The number of para-hydroxylation sites is 1. The standard InChI is InChI=1S/C28H17N3O9S/c32-25(18-9-3-1-4-10-18)27(41-24-14-8-7-13-22(24)30(36)37)26(19-11-5-2-6-12-19)40-28(33)21-16-15-20(29(34)35)17-23(21)31(38)39/h1-17H. The highest BCUT2D eigenvalue weighted by molar-refractivity contribution is 8.04. The van der Waals surface area contributed by atoms with E-state index in [9.17, 15) is 39.9 Å². The average molecular weight is 572 g/mol. The molecule has 204 valence electrons. The maximum absolute atomic E-state index is 13.8. The van der Waals surface area contributed by atoms with Crippen LogP contribution in [0.3, 0.4) is 0 Å². The van der Waals surface area contributed by atoms with E-state index in [0.29, 0.717) is 17.8 Å². The van der Waals surface area contributed by atoms with Crippen molar-refractivity contribution in [2.45, 2.75) is 4.90 Å². The zero-order valence-corrected chi connectivity index (χ0v) is 21.6. The van der Waals surface area contributed by atoms with Gasteiger partial charge in [0.1, 0.15) is 10.5 Å². The zero-order chi connectivity index (χ0) is 29.5. The predicted octanol–water partition coefficient (Wildman–Crippen LogP) is 6.61. The fourth-order valence-electron chi connectivity index (χ4n) is 3.65. The molecule has 0 heterocycles. The summed E-state index contributed by atoms with van der Waals surface area (Å²) in [5.74, 6) is -2.23. The molecule has 4 aromatic carbocycles. The van der Waals surface area contributed by atoms with Crippen molar-refractivity contribution in [3.8, 4) is 0 Å². The largest absolute Gasteiger partial charge is 0.421 e. The number of Topliss-reactive ketones (excluding diaryl/α,β-unsaturated/α-hetero) is 1. The van der Waals surface area contributed by atoms with E-state index in [2.05, 4.69) is 0 Å². The molecule has 0 aliphatic rings. The Balaban J connectivity index is 1.93. The van der Waals surface area contributed by atoms with E-state index in [1.807, 2.05) is 0 Å². The van der Waals surface area contributed by atoms with E-state index in [1.54, 1.807) is 36.4 Å². The molecule has 0 spiro atoms. The third-order valence-corrected chi connectivity index (χ3v) is 6.70. The lowest BCUT2D eigenvalue weighted by Crippen LogP contribution is -2.12. The summed E-state index contributed by atoms with van der Waals surface area (Å²) in [5, 5.41) is 34.5. The highest BCUT2D eigenvalue weighted by Gasteiger charge is 2.30. The quantitative estimate of drug-likeness (QED) is 0.0383. The van der Waals surface area contributed by atoms with Gasteiger partial charge in [0.25, 0.3) is 17.1 Å². The van der Waals surface area contributed by atoms with Crippen LogP contribution >= 0.6 is 11.8 Å². The number of nitrogens with zero attached hydrogens (tertiary/aromatic N) is 3. The Hall–Kier alpha value is -5.69. The number of nitro benzene ring substituents is 3. The van der Waals surface area contributed by atoms with Crippen molar-refractivity contribution in [1.82, 2.24) is 0 Å². The number of non-ortho nitro benzene ring substituents is 1. The van der Waals surface area contributed by atoms with Crippen LogP contribution in [0.2, 0.25) is 0 Å². The van der Waals surface area contributed by atoms with Crippen LogP contribution in [0.15, 0.2) is 113 Å². The van der Waals surface area contributed by atoms with E-state index in [1.165, 1.54) is 48.5 Å². The van der Waals surface area contributed by atoms with Crippen molar-refractivity contribution < 1.29 is 29.1 Å². The molecule has 4 aromatic rings. The normalized spacial score (nSPS) is 11.2. The molecule has 0 radical (unpaired) electrons. The zero-order valence-electron chi connectivity index (χ0n) is 20.7. The molecule has 0 bridgehead atoms. The fraction of sp³-hybridized carbons (Fsp3) is 0. The number of carbonyl (C=O) groups is 2. The lowest BCUT2D eigenvalue weighted by Gasteiger charge is -2.15. The summed E-state index contributed by atoms with van der Waals surface area (Å²) in [6.07, 6.45) is 0. The van der Waals surface area contributed by atoms with Crippen molar-refractivity contribution in [1.29, 1.82) is 0 Å². The molecular formula is C28H17N3O9S. The SMILES string of the molecule is O=C(C(Sc1ccccc1[N+](=O)[O-])=C(OC(=O)c1ccc([N+](=O)[O-])cc1[N+](=O)[O-])c1ccccc1)c1ccccc1. The van der Waals surface area contributed by atoms with Crippen molar-refractivity contribution in [3.63, 3.8) is 0 Å². The fourth-order valence-corrected chi connectivity index (χ4v) is 4.73. The molecule has 0 saturated carbocycles. The number of carbonyl (C=O) groups excluding carboxylic acids is 2. The first-order valence-electron chi connectivity index (χ1n) is 11.6. The Morgan fingerprint density at radius 3 is 1.78 bits per heavy atom. The molecule has 13 heteroatoms.